The van der Waals surface area contributed by atoms with Crippen LogP contribution in [0.4, 0.5) is 4.39 Å². The van der Waals surface area contributed by atoms with Crippen LogP contribution in [0.15, 0.2) is 71.8 Å². The van der Waals surface area contributed by atoms with Crippen molar-refractivity contribution in [2.24, 2.45) is 0 Å². The third-order valence-electron chi connectivity index (χ3n) is 4.66. The number of pyridine rings is 2. The molecule has 2 heterocycles. The summed E-state index contributed by atoms with van der Waals surface area (Å²) in [7, 11) is 0. The van der Waals surface area contributed by atoms with Gasteiger partial charge in [0.1, 0.15) is 16.5 Å². The molecule has 0 radical (unpaired) electrons. The van der Waals surface area contributed by atoms with E-state index in [0.717, 1.165) is 22.8 Å². The van der Waals surface area contributed by atoms with Gasteiger partial charge in [-0.25, -0.2) is 14.2 Å². The van der Waals surface area contributed by atoms with E-state index in [1.807, 2.05) is 30.3 Å². The number of hydrogen-bond acceptors (Lipinski definition) is 3. The number of aromatic nitrogens is 2. The summed E-state index contributed by atoms with van der Waals surface area (Å²) in [5.41, 5.74) is 1.76. The molecule has 29 heavy (non-hydrogen) atoms. The Kier molecular flexibility index (Phi) is 4.86. The summed E-state index contributed by atoms with van der Waals surface area (Å²) in [4.78, 5) is 27.9. The fourth-order valence-electron chi connectivity index (χ4n) is 3.22. The van der Waals surface area contributed by atoms with Crippen molar-refractivity contribution < 1.29 is 14.3 Å². The molecular formula is C22H14ClFN2O3. The third-order valence-corrected chi connectivity index (χ3v) is 4.88. The first-order valence-corrected chi connectivity index (χ1v) is 9.07. The van der Waals surface area contributed by atoms with Gasteiger partial charge in [0, 0.05) is 24.5 Å². The highest BCUT2D eigenvalue weighted by Crippen LogP contribution is 2.22. The summed E-state index contributed by atoms with van der Waals surface area (Å²) < 4.78 is 15.8. The van der Waals surface area contributed by atoms with Gasteiger partial charge in [0.05, 0.1) is 10.9 Å². The Balaban J connectivity index is 1.75. The number of benzene rings is 2. The highest BCUT2D eigenvalue weighted by molar-refractivity contribution is 6.29. The Morgan fingerprint density at radius 1 is 1.07 bits per heavy atom. The monoisotopic (exact) mass is 408 g/mol. The molecule has 4 aromatic rings. The van der Waals surface area contributed by atoms with Crippen LogP contribution in [0, 0.1) is 5.82 Å². The normalized spacial score (nSPS) is 11.0. The summed E-state index contributed by atoms with van der Waals surface area (Å²) in [6, 6.07) is 15.4. The molecule has 0 amide bonds. The van der Waals surface area contributed by atoms with Crippen LogP contribution in [0.2, 0.25) is 5.15 Å². The minimum Gasteiger partial charge on any atom is -0.477 e. The molecule has 0 saturated heterocycles. The van der Waals surface area contributed by atoms with Crippen molar-refractivity contribution in [3.63, 3.8) is 0 Å². The Hall–Kier alpha value is -3.51. The van der Waals surface area contributed by atoms with Gasteiger partial charge in [-0.05, 0) is 35.4 Å². The zero-order chi connectivity index (χ0) is 20.5. The molecule has 144 valence electrons. The van der Waals surface area contributed by atoms with E-state index in [0.29, 0.717) is 10.7 Å². The number of fused-ring (bicyclic) bond motifs is 1. The second-order valence-corrected chi connectivity index (χ2v) is 6.89. The highest BCUT2D eigenvalue weighted by Gasteiger charge is 2.17. The Morgan fingerprint density at radius 3 is 2.45 bits per heavy atom. The number of carboxylic acids is 1. The quantitative estimate of drug-likeness (QED) is 0.501. The number of rotatable bonds is 4. The summed E-state index contributed by atoms with van der Waals surface area (Å²) in [6.45, 7) is 0.277. The molecule has 2 aromatic carbocycles. The van der Waals surface area contributed by atoms with Crippen molar-refractivity contribution in [2.75, 3.05) is 0 Å². The SMILES string of the molecule is O=C(O)c1cn(Cc2ccc(-c3ccc(Cl)nc3)cc2)c2cccc(F)c2c1=O. The number of carbonyl (C=O) groups is 1. The molecule has 7 heteroatoms. The molecule has 5 nitrogen and oxygen atoms in total. The number of aromatic carboxylic acids is 1. The van der Waals surface area contributed by atoms with Crippen LogP contribution in [0.1, 0.15) is 15.9 Å². The molecule has 0 unspecified atom stereocenters. The van der Waals surface area contributed by atoms with Gasteiger partial charge in [0.2, 0.25) is 5.43 Å². The molecule has 0 fully saturated rings. The first kappa shape index (κ1) is 18.8. The molecule has 0 aliphatic heterocycles. The highest BCUT2D eigenvalue weighted by atomic mass is 35.5. The van der Waals surface area contributed by atoms with Crippen LogP contribution in [0.5, 0.6) is 0 Å². The molecular weight excluding hydrogens is 395 g/mol. The van der Waals surface area contributed by atoms with E-state index >= 15 is 0 Å². The molecule has 4 rings (SSSR count). The lowest BCUT2D eigenvalue weighted by Gasteiger charge is -2.13. The van der Waals surface area contributed by atoms with Crippen LogP contribution < -0.4 is 5.43 Å². The van der Waals surface area contributed by atoms with E-state index in [1.165, 1.54) is 12.3 Å². The molecule has 0 aliphatic rings. The van der Waals surface area contributed by atoms with E-state index in [9.17, 15) is 19.1 Å². The molecule has 0 atom stereocenters. The standard InChI is InChI=1S/C22H14ClFN2O3/c23-19-9-8-15(10-25-19)14-6-4-13(5-7-14)11-26-12-16(22(28)29)21(27)20-17(24)2-1-3-18(20)26/h1-10,12H,11H2,(H,28,29). The molecule has 0 saturated carbocycles. The molecule has 1 N–H and O–H groups in total. The third kappa shape index (κ3) is 3.62. The van der Waals surface area contributed by atoms with Crippen LogP contribution in [-0.4, -0.2) is 20.6 Å². The van der Waals surface area contributed by atoms with E-state index in [2.05, 4.69) is 4.98 Å². The molecule has 2 aromatic heterocycles. The number of halogens is 2. The van der Waals surface area contributed by atoms with Gasteiger partial charge in [0.25, 0.3) is 0 Å². The maximum Gasteiger partial charge on any atom is 0.341 e. The summed E-state index contributed by atoms with van der Waals surface area (Å²) in [6.07, 6.45) is 2.93. The minimum atomic E-state index is -1.39. The lowest BCUT2D eigenvalue weighted by atomic mass is 10.1. The largest absolute Gasteiger partial charge is 0.477 e. The Morgan fingerprint density at radius 2 is 1.79 bits per heavy atom. The van der Waals surface area contributed by atoms with Gasteiger partial charge in [-0.15, -0.1) is 0 Å². The smallest absolute Gasteiger partial charge is 0.341 e. The fraction of sp³-hybridized carbons (Fsp3) is 0.0455. The van der Waals surface area contributed by atoms with Gasteiger partial charge in [0.15, 0.2) is 0 Å². The van der Waals surface area contributed by atoms with E-state index < -0.39 is 22.8 Å². The maximum absolute atomic E-state index is 14.3. The van der Waals surface area contributed by atoms with Crippen LogP contribution in [0.3, 0.4) is 0 Å². The van der Waals surface area contributed by atoms with E-state index in [1.54, 1.807) is 22.9 Å². The maximum atomic E-state index is 14.3. The van der Waals surface area contributed by atoms with Crippen molar-refractivity contribution in [1.29, 1.82) is 0 Å². The Labute approximate surface area is 169 Å². The second kappa shape index (κ2) is 7.48. The van der Waals surface area contributed by atoms with Gasteiger partial charge in [-0.2, -0.15) is 0 Å². The zero-order valence-corrected chi connectivity index (χ0v) is 15.7. The first-order valence-electron chi connectivity index (χ1n) is 8.70. The Bertz CT molecular complexity index is 1280. The lowest BCUT2D eigenvalue weighted by molar-refractivity contribution is 0.0695. The predicted molar refractivity (Wildman–Crippen MR) is 109 cm³/mol. The first-order chi connectivity index (χ1) is 13.9. The average Bonchev–Trinajstić information content (AvgIpc) is 2.71. The minimum absolute atomic E-state index is 0.226. The predicted octanol–water partition coefficient (Wildman–Crippen LogP) is 4.60. The van der Waals surface area contributed by atoms with Gasteiger partial charge in [-0.3, -0.25) is 4.79 Å². The fourth-order valence-corrected chi connectivity index (χ4v) is 3.34. The van der Waals surface area contributed by atoms with Crippen molar-refractivity contribution in [2.45, 2.75) is 6.54 Å². The topological polar surface area (TPSA) is 72.2 Å². The lowest BCUT2D eigenvalue weighted by Crippen LogP contribution is -2.20. The summed E-state index contributed by atoms with van der Waals surface area (Å²) >= 11 is 5.81. The molecule has 0 spiro atoms. The van der Waals surface area contributed by atoms with Crippen molar-refractivity contribution in [1.82, 2.24) is 9.55 Å². The van der Waals surface area contributed by atoms with Crippen molar-refractivity contribution >= 4 is 28.5 Å². The van der Waals surface area contributed by atoms with Crippen LogP contribution in [-0.2, 0) is 6.54 Å². The molecule has 0 aliphatic carbocycles. The number of carboxylic acid groups (broad SMARTS) is 1. The zero-order valence-electron chi connectivity index (χ0n) is 15.0. The summed E-state index contributed by atoms with van der Waals surface area (Å²) in [5.74, 6) is -2.13. The van der Waals surface area contributed by atoms with E-state index in [4.69, 9.17) is 11.6 Å². The van der Waals surface area contributed by atoms with E-state index in [-0.39, 0.29) is 11.9 Å². The van der Waals surface area contributed by atoms with Crippen LogP contribution >= 0.6 is 11.6 Å². The van der Waals surface area contributed by atoms with Crippen molar-refractivity contribution in [3.8, 4) is 11.1 Å². The van der Waals surface area contributed by atoms with Crippen LogP contribution in [0.25, 0.3) is 22.0 Å². The summed E-state index contributed by atoms with van der Waals surface area (Å²) in [5, 5.41) is 9.53. The van der Waals surface area contributed by atoms with Crippen molar-refractivity contribution in [3.05, 3.63) is 99.3 Å². The number of hydrogen-bond donors (Lipinski definition) is 1. The van der Waals surface area contributed by atoms with Gasteiger partial charge >= 0.3 is 5.97 Å². The van der Waals surface area contributed by atoms with Gasteiger partial charge < -0.3 is 9.67 Å². The van der Waals surface area contributed by atoms with Gasteiger partial charge in [-0.1, -0.05) is 41.9 Å². The number of nitrogens with zero attached hydrogens (tertiary/aromatic N) is 2. The average molecular weight is 409 g/mol. The second-order valence-electron chi connectivity index (χ2n) is 6.51. The molecule has 0 bridgehead atoms.